The fourth-order valence-corrected chi connectivity index (χ4v) is 2.87. The molecule has 0 N–H and O–H groups in total. The largest absolute Gasteiger partial charge is 0.363 e. The SMILES string of the molecule is C[Si](C)(C)C1(Cl)CCCO1. The number of alkyl halides is 1. The molecule has 60 valence electrons. The molecule has 0 saturated carbocycles. The van der Waals surface area contributed by atoms with Gasteiger partial charge in [-0.15, -0.1) is 0 Å². The summed E-state index contributed by atoms with van der Waals surface area (Å²) in [5.41, 5.74) is 0. The van der Waals surface area contributed by atoms with Crippen molar-refractivity contribution in [2.45, 2.75) is 37.2 Å². The van der Waals surface area contributed by atoms with Crippen LogP contribution in [0, 0.1) is 0 Å². The Hall–Kier alpha value is 0.467. The molecule has 0 spiro atoms. The lowest BCUT2D eigenvalue weighted by Gasteiger charge is -2.33. The second-order valence-corrected chi connectivity index (χ2v) is 10.2. The van der Waals surface area contributed by atoms with Crippen molar-refractivity contribution in [1.82, 2.24) is 0 Å². The minimum absolute atomic E-state index is 0.257. The Morgan fingerprint density at radius 2 is 2.00 bits per heavy atom. The molecule has 1 atom stereocenters. The van der Waals surface area contributed by atoms with Crippen molar-refractivity contribution in [3.05, 3.63) is 0 Å². The predicted octanol–water partition coefficient (Wildman–Crippen LogP) is 2.61. The van der Waals surface area contributed by atoms with Crippen molar-refractivity contribution < 1.29 is 4.74 Å². The summed E-state index contributed by atoms with van der Waals surface area (Å²) in [6.45, 7) is 7.62. The summed E-state index contributed by atoms with van der Waals surface area (Å²) in [6.07, 6.45) is 2.18. The molecule has 0 aliphatic carbocycles. The molecule has 0 aromatic carbocycles. The maximum Gasteiger partial charge on any atom is 0.127 e. The molecule has 3 heteroatoms. The molecular formula is C7H15ClOSi. The molecule has 0 aromatic rings. The number of hydrogen-bond acceptors (Lipinski definition) is 1. The zero-order valence-corrected chi connectivity index (χ0v) is 8.66. The molecule has 10 heavy (non-hydrogen) atoms. The summed E-state index contributed by atoms with van der Waals surface area (Å²) in [4.78, 5) is 0. The summed E-state index contributed by atoms with van der Waals surface area (Å²) >= 11 is 6.29. The van der Waals surface area contributed by atoms with Crippen LogP contribution in [-0.2, 0) is 4.74 Å². The summed E-state index contributed by atoms with van der Waals surface area (Å²) in [5, 5.41) is 0. The van der Waals surface area contributed by atoms with Crippen molar-refractivity contribution in [2.75, 3.05) is 6.61 Å². The first kappa shape index (κ1) is 8.56. The fraction of sp³-hybridized carbons (Fsp3) is 1.00. The monoisotopic (exact) mass is 178 g/mol. The Kier molecular flexibility index (Phi) is 2.14. The summed E-state index contributed by atoms with van der Waals surface area (Å²) in [7, 11) is -1.31. The van der Waals surface area contributed by atoms with E-state index in [1.54, 1.807) is 0 Å². The molecule has 1 saturated heterocycles. The highest BCUT2D eigenvalue weighted by molar-refractivity contribution is 6.85. The quantitative estimate of drug-likeness (QED) is 0.443. The van der Waals surface area contributed by atoms with Crippen LogP contribution in [0.1, 0.15) is 12.8 Å². The maximum atomic E-state index is 6.29. The molecule has 1 unspecified atom stereocenters. The first-order chi connectivity index (χ1) is 4.46. The average Bonchev–Trinajstić information content (AvgIpc) is 2.13. The van der Waals surface area contributed by atoms with Gasteiger partial charge >= 0.3 is 0 Å². The van der Waals surface area contributed by atoms with Gasteiger partial charge in [-0.05, 0) is 12.8 Å². The van der Waals surface area contributed by atoms with Crippen molar-refractivity contribution in [2.24, 2.45) is 0 Å². The molecular weight excluding hydrogens is 164 g/mol. The van der Waals surface area contributed by atoms with Crippen molar-refractivity contribution in [1.29, 1.82) is 0 Å². The second kappa shape index (κ2) is 2.50. The highest BCUT2D eigenvalue weighted by Gasteiger charge is 2.45. The minimum atomic E-state index is -1.31. The Morgan fingerprint density at radius 3 is 2.20 bits per heavy atom. The Balaban J connectivity index is 2.67. The van der Waals surface area contributed by atoms with Gasteiger partial charge in [-0.1, -0.05) is 31.2 Å². The van der Waals surface area contributed by atoms with Crippen LogP contribution in [0.5, 0.6) is 0 Å². The number of halogens is 1. The summed E-state index contributed by atoms with van der Waals surface area (Å²) in [6, 6.07) is 0. The summed E-state index contributed by atoms with van der Waals surface area (Å²) in [5.74, 6) is 0. The van der Waals surface area contributed by atoms with Crippen LogP contribution in [0.3, 0.4) is 0 Å². The third-order valence-electron chi connectivity index (χ3n) is 2.09. The molecule has 1 fully saturated rings. The predicted molar refractivity (Wildman–Crippen MR) is 47.1 cm³/mol. The normalized spacial score (nSPS) is 34.8. The minimum Gasteiger partial charge on any atom is -0.363 e. The number of rotatable bonds is 1. The smallest absolute Gasteiger partial charge is 0.127 e. The van der Waals surface area contributed by atoms with Crippen molar-refractivity contribution in [3.8, 4) is 0 Å². The van der Waals surface area contributed by atoms with Gasteiger partial charge in [0.2, 0.25) is 0 Å². The van der Waals surface area contributed by atoms with E-state index in [1.165, 1.54) is 0 Å². The lowest BCUT2D eigenvalue weighted by atomic mass is 10.4. The van der Waals surface area contributed by atoms with Gasteiger partial charge in [0.1, 0.15) is 12.8 Å². The van der Waals surface area contributed by atoms with Crippen LogP contribution >= 0.6 is 11.6 Å². The first-order valence-electron chi connectivity index (χ1n) is 3.79. The molecule has 0 radical (unpaired) electrons. The van der Waals surface area contributed by atoms with Gasteiger partial charge in [-0.3, -0.25) is 0 Å². The number of ether oxygens (including phenoxy) is 1. The highest BCUT2D eigenvalue weighted by Crippen LogP contribution is 2.38. The highest BCUT2D eigenvalue weighted by atomic mass is 35.5. The zero-order valence-electron chi connectivity index (χ0n) is 6.91. The van der Waals surface area contributed by atoms with Crippen LogP contribution in [0.15, 0.2) is 0 Å². The molecule has 1 heterocycles. The van der Waals surface area contributed by atoms with E-state index < -0.39 is 8.07 Å². The van der Waals surface area contributed by atoms with Crippen LogP contribution in [0.4, 0.5) is 0 Å². The first-order valence-corrected chi connectivity index (χ1v) is 7.66. The van der Waals surface area contributed by atoms with Gasteiger partial charge < -0.3 is 4.74 Å². The summed E-state index contributed by atoms with van der Waals surface area (Å²) < 4.78 is 5.28. The van der Waals surface area contributed by atoms with Gasteiger partial charge in [-0.25, -0.2) is 0 Å². The Bertz CT molecular complexity index is 124. The van der Waals surface area contributed by atoms with E-state index in [0.717, 1.165) is 19.4 Å². The topological polar surface area (TPSA) is 9.23 Å². The standard InChI is InChI=1S/C7H15ClOSi/c1-10(2,3)7(8)5-4-6-9-7/h4-6H2,1-3H3. The van der Waals surface area contributed by atoms with Crippen LogP contribution in [0.2, 0.25) is 19.6 Å². The molecule has 1 aliphatic rings. The van der Waals surface area contributed by atoms with Gasteiger partial charge in [0.05, 0.1) is 0 Å². The van der Waals surface area contributed by atoms with E-state index in [4.69, 9.17) is 16.3 Å². The van der Waals surface area contributed by atoms with Crippen LogP contribution in [0.25, 0.3) is 0 Å². The maximum absolute atomic E-state index is 6.29. The van der Waals surface area contributed by atoms with Gasteiger partial charge in [0.15, 0.2) is 0 Å². The van der Waals surface area contributed by atoms with E-state index in [-0.39, 0.29) is 4.68 Å². The van der Waals surface area contributed by atoms with Crippen LogP contribution in [-0.4, -0.2) is 19.4 Å². The lowest BCUT2D eigenvalue weighted by molar-refractivity contribution is 0.129. The van der Waals surface area contributed by atoms with E-state index in [2.05, 4.69) is 19.6 Å². The molecule has 1 rings (SSSR count). The van der Waals surface area contributed by atoms with Gasteiger partial charge in [-0.2, -0.15) is 0 Å². The van der Waals surface area contributed by atoms with Gasteiger partial charge in [0.25, 0.3) is 0 Å². The second-order valence-electron chi connectivity index (χ2n) is 3.93. The average molecular weight is 179 g/mol. The van der Waals surface area contributed by atoms with E-state index in [9.17, 15) is 0 Å². The van der Waals surface area contributed by atoms with E-state index in [1.807, 2.05) is 0 Å². The van der Waals surface area contributed by atoms with E-state index in [0.29, 0.717) is 0 Å². The Labute approximate surface area is 68.7 Å². The fourth-order valence-electron chi connectivity index (χ4n) is 1.20. The third-order valence-corrected chi connectivity index (χ3v) is 6.73. The Morgan fingerprint density at radius 1 is 1.40 bits per heavy atom. The van der Waals surface area contributed by atoms with E-state index >= 15 is 0 Å². The lowest BCUT2D eigenvalue weighted by Crippen LogP contribution is -2.46. The molecule has 1 aliphatic heterocycles. The molecule has 0 aromatic heterocycles. The number of hydrogen-bond donors (Lipinski definition) is 0. The van der Waals surface area contributed by atoms with Crippen molar-refractivity contribution >= 4 is 19.7 Å². The third kappa shape index (κ3) is 1.38. The molecule has 0 amide bonds. The van der Waals surface area contributed by atoms with Crippen LogP contribution < -0.4 is 0 Å². The molecule has 1 nitrogen and oxygen atoms in total. The van der Waals surface area contributed by atoms with Gasteiger partial charge in [0, 0.05) is 6.61 Å². The van der Waals surface area contributed by atoms with Crippen molar-refractivity contribution in [3.63, 3.8) is 0 Å². The molecule has 0 bridgehead atoms. The zero-order chi connectivity index (χ0) is 7.83.